The molecule has 0 fully saturated rings. The van der Waals surface area contributed by atoms with Crippen LogP contribution >= 0.6 is 22.7 Å². The van der Waals surface area contributed by atoms with Gasteiger partial charge in [0.25, 0.3) is 5.91 Å². The van der Waals surface area contributed by atoms with Gasteiger partial charge in [-0.3, -0.25) is 4.79 Å². The van der Waals surface area contributed by atoms with Crippen LogP contribution in [0.2, 0.25) is 0 Å². The molecule has 2 aromatic heterocycles. The first-order chi connectivity index (χ1) is 8.66. The molecule has 96 valence electrons. The van der Waals surface area contributed by atoms with Gasteiger partial charge in [-0.2, -0.15) is 0 Å². The van der Waals surface area contributed by atoms with Gasteiger partial charge < -0.3 is 11.1 Å². The molecule has 0 aliphatic rings. The maximum absolute atomic E-state index is 11.8. The molecule has 1 amide bonds. The molecule has 1 unspecified atom stereocenters. The van der Waals surface area contributed by atoms with Crippen LogP contribution in [0.15, 0.2) is 16.3 Å². The van der Waals surface area contributed by atoms with Gasteiger partial charge in [0.05, 0.1) is 17.2 Å². The standard InChI is InChI=1S/C11H14N4OS2/c1-7(12)11-15-9(5-18-11)10(16)13-3-2-8-4-17-6-14-8/h4-7H,2-3,12H2,1H3,(H,13,16). The van der Waals surface area contributed by atoms with Crippen LogP contribution in [0, 0.1) is 0 Å². The van der Waals surface area contributed by atoms with E-state index in [1.165, 1.54) is 11.3 Å². The van der Waals surface area contributed by atoms with E-state index in [-0.39, 0.29) is 11.9 Å². The second-order valence-corrected chi connectivity index (χ2v) is 5.45. The first kappa shape index (κ1) is 13.1. The van der Waals surface area contributed by atoms with Crippen LogP contribution in [0.1, 0.15) is 34.2 Å². The predicted molar refractivity (Wildman–Crippen MR) is 72.9 cm³/mol. The quantitative estimate of drug-likeness (QED) is 0.872. The third kappa shape index (κ3) is 3.34. The van der Waals surface area contributed by atoms with E-state index >= 15 is 0 Å². The molecule has 2 aromatic rings. The summed E-state index contributed by atoms with van der Waals surface area (Å²) in [7, 11) is 0. The van der Waals surface area contributed by atoms with Crippen LogP contribution in [0.25, 0.3) is 0 Å². The molecule has 0 radical (unpaired) electrons. The molecular weight excluding hydrogens is 268 g/mol. The summed E-state index contributed by atoms with van der Waals surface area (Å²) in [6.45, 7) is 2.41. The van der Waals surface area contributed by atoms with Gasteiger partial charge in [0.1, 0.15) is 10.7 Å². The van der Waals surface area contributed by atoms with Gasteiger partial charge in [-0.05, 0) is 6.92 Å². The highest BCUT2D eigenvalue weighted by molar-refractivity contribution is 7.09. The van der Waals surface area contributed by atoms with Crippen LogP contribution in [0.3, 0.4) is 0 Å². The van der Waals surface area contributed by atoms with E-state index in [1.54, 1.807) is 22.2 Å². The first-order valence-corrected chi connectivity index (χ1v) is 7.35. The Morgan fingerprint density at radius 2 is 2.39 bits per heavy atom. The second kappa shape index (κ2) is 6.03. The molecule has 18 heavy (non-hydrogen) atoms. The van der Waals surface area contributed by atoms with Crippen molar-refractivity contribution in [3.05, 3.63) is 32.7 Å². The fourth-order valence-electron chi connectivity index (χ4n) is 1.36. The van der Waals surface area contributed by atoms with Gasteiger partial charge in [0.2, 0.25) is 0 Å². The monoisotopic (exact) mass is 282 g/mol. The Kier molecular flexibility index (Phi) is 4.40. The van der Waals surface area contributed by atoms with Crippen molar-refractivity contribution in [2.75, 3.05) is 6.54 Å². The minimum Gasteiger partial charge on any atom is -0.350 e. The Morgan fingerprint density at radius 3 is 3.00 bits per heavy atom. The third-order valence-corrected chi connectivity index (χ3v) is 3.98. The molecule has 7 heteroatoms. The number of nitrogens with one attached hydrogen (secondary N) is 1. The zero-order chi connectivity index (χ0) is 13.0. The molecule has 0 aliphatic carbocycles. The molecule has 0 saturated carbocycles. The number of amides is 1. The lowest BCUT2D eigenvalue weighted by Gasteiger charge is -2.01. The van der Waals surface area contributed by atoms with E-state index in [9.17, 15) is 4.79 Å². The number of rotatable bonds is 5. The highest BCUT2D eigenvalue weighted by Gasteiger charge is 2.12. The van der Waals surface area contributed by atoms with Gasteiger partial charge in [-0.15, -0.1) is 22.7 Å². The van der Waals surface area contributed by atoms with E-state index < -0.39 is 0 Å². The topological polar surface area (TPSA) is 80.9 Å². The summed E-state index contributed by atoms with van der Waals surface area (Å²) in [5.41, 5.74) is 8.92. The van der Waals surface area contributed by atoms with Crippen LogP contribution in [-0.2, 0) is 6.42 Å². The second-order valence-electron chi connectivity index (χ2n) is 3.85. The van der Waals surface area contributed by atoms with Gasteiger partial charge in [-0.25, -0.2) is 9.97 Å². The number of carbonyl (C=O) groups is 1. The number of thiazole rings is 2. The van der Waals surface area contributed by atoms with E-state index in [1.807, 2.05) is 12.3 Å². The molecule has 2 rings (SSSR count). The Morgan fingerprint density at radius 1 is 1.56 bits per heavy atom. The average molecular weight is 282 g/mol. The van der Waals surface area contributed by atoms with Crippen molar-refractivity contribution >= 4 is 28.6 Å². The Labute approximate surface area is 113 Å². The van der Waals surface area contributed by atoms with Crippen molar-refractivity contribution in [2.45, 2.75) is 19.4 Å². The van der Waals surface area contributed by atoms with Crippen LogP contribution < -0.4 is 11.1 Å². The van der Waals surface area contributed by atoms with Crippen molar-refractivity contribution < 1.29 is 4.79 Å². The van der Waals surface area contributed by atoms with Crippen molar-refractivity contribution in [3.63, 3.8) is 0 Å². The van der Waals surface area contributed by atoms with Crippen molar-refractivity contribution in [1.29, 1.82) is 0 Å². The summed E-state index contributed by atoms with van der Waals surface area (Å²) in [6, 6.07) is -0.133. The number of aromatic nitrogens is 2. The molecule has 1 atom stereocenters. The molecule has 0 bridgehead atoms. The van der Waals surface area contributed by atoms with Crippen LogP contribution in [0.5, 0.6) is 0 Å². The average Bonchev–Trinajstić information content (AvgIpc) is 2.99. The zero-order valence-electron chi connectivity index (χ0n) is 9.92. The molecule has 2 heterocycles. The predicted octanol–water partition coefficient (Wildman–Crippen LogP) is 1.59. The number of hydrogen-bond acceptors (Lipinski definition) is 6. The number of hydrogen-bond donors (Lipinski definition) is 2. The molecule has 0 saturated heterocycles. The third-order valence-electron chi connectivity index (χ3n) is 2.29. The lowest BCUT2D eigenvalue weighted by Crippen LogP contribution is -2.26. The summed E-state index contributed by atoms with van der Waals surface area (Å²) >= 11 is 2.96. The van der Waals surface area contributed by atoms with Crippen molar-refractivity contribution in [2.24, 2.45) is 5.73 Å². The Balaban J connectivity index is 1.83. The van der Waals surface area contributed by atoms with Crippen molar-refractivity contribution in [1.82, 2.24) is 15.3 Å². The van der Waals surface area contributed by atoms with E-state index in [0.29, 0.717) is 12.2 Å². The molecule has 0 aliphatic heterocycles. The molecule has 5 nitrogen and oxygen atoms in total. The lowest BCUT2D eigenvalue weighted by atomic mass is 10.3. The summed E-state index contributed by atoms with van der Waals surface area (Å²) in [5, 5.41) is 7.30. The van der Waals surface area contributed by atoms with Crippen molar-refractivity contribution in [3.8, 4) is 0 Å². The number of carbonyl (C=O) groups excluding carboxylic acids is 1. The summed E-state index contributed by atoms with van der Waals surface area (Å²) in [6.07, 6.45) is 0.736. The lowest BCUT2D eigenvalue weighted by molar-refractivity contribution is 0.0949. The maximum atomic E-state index is 11.8. The number of nitrogens with two attached hydrogens (primary N) is 1. The van der Waals surface area contributed by atoms with Crippen LogP contribution in [-0.4, -0.2) is 22.4 Å². The van der Waals surface area contributed by atoms with E-state index in [4.69, 9.17) is 5.73 Å². The smallest absolute Gasteiger partial charge is 0.270 e. The highest BCUT2D eigenvalue weighted by Crippen LogP contribution is 2.15. The van der Waals surface area contributed by atoms with Crippen LogP contribution in [0.4, 0.5) is 0 Å². The van der Waals surface area contributed by atoms with Gasteiger partial charge in [0, 0.05) is 23.7 Å². The summed E-state index contributed by atoms with van der Waals surface area (Å²) in [4.78, 5) is 20.1. The maximum Gasteiger partial charge on any atom is 0.270 e. The minimum atomic E-state index is -0.159. The fourth-order valence-corrected chi connectivity index (χ4v) is 2.71. The van der Waals surface area contributed by atoms with E-state index in [2.05, 4.69) is 15.3 Å². The SMILES string of the molecule is CC(N)c1nc(C(=O)NCCc2cscn2)cs1. The minimum absolute atomic E-state index is 0.133. The van der Waals surface area contributed by atoms with Gasteiger partial charge in [0.15, 0.2) is 0 Å². The number of nitrogens with zero attached hydrogens (tertiary/aromatic N) is 2. The first-order valence-electron chi connectivity index (χ1n) is 5.53. The highest BCUT2D eigenvalue weighted by atomic mass is 32.1. The molecule has 3 N–H and O–H groups in total. The normalized spacial score (nSPS) is 12.3. The Hall–Kier alpha value is -1.31. The summed E-state index contributed by atoms with van der Waals surface area (Å²) < 4.78 is 0. The summed E-state index contributed by atoms with van der Waals surface area (Å²) in [5.74, 6) is -0.159. The Bertz CT molecular complexity index is 507. The van der Waals surface area contributed by atoms with Gasteiger partial charge in [-0.1, -0.05) is 0 Å². The molecule has 0 spiro atoms. The van der Waals surface area contributed by atoms with Gasteiger partial charge >= 0.3 is 0 Å². The zero-order valence-corrected chi connectivity index (χ0v) is 11.6. The fraction of sp³-hybridized carbons (Fsp3) is 0.364. The largest absolute Gasteiger partial charge is 0.350 e. The molecule has 0 aromatic carbocycles. The molecular formula is C11H14N4OS2. The van der Waals surface area contributed by atoms with E-state index in [0.717, 1.165) is 17.1 Å².